The number of rotatable bonds is 11. The van der Waals surface area contributed by atoms with Crippen LogP contribution in [0.15, 0.2) is 12.2 Å². The van der Waals surface area contributed by atoms with Crippen LogP contribution in [0, 0.1) is 17.3 Å². The first-order chi connectivity index (χ1) is 14.0. The minimum Gasteiger partial charge on any atom is -0.381 e. The van der Waals surface area contributed by atoms with Crippen molar-refractivity contribution < 1.29 is 19.0 Å². The molecular formula is C23H38O4S2. The fourth-order valence-electron chi connectivity index (χ4n) is 4.69. The summed E-state index contributed by atoms with van der Waals surface area (Å²) in [6, 6.07) is 0. The molecule has 4 nitrogen and oxygen atoms in total. The van der Waals surface area contributed by atoms with E-state index in [0.717, 1.165) is 23.8 Å². The summed E-state index contributed by atoms with van der Waals surface area (Å²) in [6.45, 7) is 8.39. The topological polar surface area (TPSA) is 44.8 Å². The highest BCUT2D eigenvalue weighted by atomic mass is 32.2. The molecule has 0 bridgehead atoms. The first-order valence-corrected chi connectivity index (χ1v) is 13.4. The van der Waals surface area contributed by atoms with Crippen molar-refractivity contribution >= 4 is 29.3 Å². The van der Waals surface area contributed by atoms with Gasteiger partial charge < -0.3 is 14.2 Å². The molecule has 1 aliphatic carbocycles. The van der Waals surface area contributed by atoms with Crippen molar-refractivity contribution in [3.63, 3.8) is 0 Å². The Bertz CT molecular complexity index is 551. The van der Waals surface area contributed by atoms with E-state index < -0.39 is 11.2 Å². The van der Waals surface area contributed by atoms with Crippen LogP contribution in [0.3, 0.4) is 0 Å². The SMILES string of the molecule is CCOCC(C)(C)C(=O)C=C[C@H]1CCC2(OCCO2)[C@@H]1CCCCC1SCCS1. The average molecular weight is 443 g/mol. The summed E-state index contributed by atoms with van der Waals surface area (Å²) in [7, 11) is 0. The maximum Gasteiger partial charge on any atom is 0.171 e. The Labute approximate surface area is 185 Å². The van der Waals surface area contributed by atoms with Crippen molar-refractivity contribution in [2.75, 3.05) is 37.9 Å². The van der Waals surface area contributed by atoms with Crippen LogP contribution in [0.5, 0.6) is 0 Å². The Balaban J connectivity index is 1.56. The molecule has 1 spiro atoms. The summed E-state index contributed by atoms with van der Waals surface area (Å²) in [4.78, 5) is 12.7. The predicted octanol–water partition coefficient (Wildman–Crippen LogP) is 5.31. The van der Waals surface area contributed by atoms with E-state index in [0.29, 0.717) is 38.3 Å². The Morgan fingerprint density at radius 2 is 1.86 bits per heavy atom. The molecule has 2 saturated heterocycles. The molecule has 2 atom stereocenters. The van der Waals surface area contributed by atoms with Crippen molar-refractivity contribution in [1.29, 1.82) is 0 Å². The zero-order valence-corrected chi connectivity index (χ0v) is 20.0. The first kappa shape index (κ1) is 23.6. The number of hydrogen-bond acceptors (Lipinski definition) is 6. The summed E-state index contributed by atoms with van der Waals surface area (Å²) < 4.78 is 18.6. The molecule has 3 fully saturated rings. The van der Waals surface area contributed by atoms with Crippen molar-refractivity contribution in [3.8, 4) is 0 Å². The molecule has 0 radical (unpaired) electrons. The molecule has 6 heteroatoms. The number of carbonyl (C=O) groups is 1. The van der Waals surface area contributed by atoms with E-state index in [1.54, 1.807) is 6.08 Å². The second-order valence-corrected chi connectivity index (χ2v) is 11.9. The molecule has 3 aliphatic rings. The summed E-state index contributed by atoms with van der Waals surface area (Å²) >= 11 is 4.24. The molecule has 1 saturated carbocycles. The lowest BCUT2D eigenvalue weighted by Gasteiger charge is -2.31. The zero-order chi connectivity index (χ0) is 20.7. The number of carbonyl (C=O) groups excluding carboxylic acids is 1. The maximum absolute atomic E-state index is 12.7. The lowest BCUT2D eigenvalue weighted by molar-refractivity contribution is -0.186. The van der Waals surface area contributed by atoms with Crippen LogP contribution < -0.4 is 0 Å². The Kier molecular flexibility index (Phi) is 9.00. The fourth-order valence-corrected chi connectivity index (χ4v) is 7.61. The first-order valence-electron chi connectivity index (χ1n) is 11.3. The molecule has 0 N–H and O–H groups in total. The third-order valence-electron chi connectivity index (χ3n) is 6.41. The van der Waals surface area contributed by atoms with E-state index in [4.69, 9.17) is 14.2 Å². The molecule has 29 heavy (non-hydrogen) atoms. The van der Waals surface area contributed by atoms with Crippen LogP contribution in [-0.2, 0) is 19.0 Å². The highest BCUT2D eigenvalue weighted by Gasteiger charge is 2.51. The van der Waals surface area contributed by atoms with E-state index in [1.807, 2.05) is 20.8 Å². The number of allylic oxidation sites excluding steroid dienone is 2. The molecule has 0 aromatic carbocycles. The van der Waals surface area contributed by atoms with Gasteiger partial charge in [0.05, 0.1) is 29.8 Å². The highest BCUT2D eigenvalue weighted by Crippen LogP contribution is 2.49. The molecule has 0 aromatic rings. The van der Waals surface area contributed by atoms with Gasteiger partial charge in [0.1, 0.15) is 0 Å². The van der Waals surface area contributed by atoms with E-state index in [2.05, 4.69) is 29.6 Å². The van der Waals surface area contributed by atoms with Crippen LogP contribution in [-0.4, -0.2) is 54.1 Å². The molecule has 2 heterocycles. The summed E-state index contributed by atoms with van der Waals surface area (Å²) in [5.74, 6) is 3.07. The largest absolute Gasteiger partial charge is 0.381 e. The van der Waals surface area contributed by atoms with E-state index in [-0.39, 0.29) is 5.78 Å². The normalized spacial score (nSPS) is 27.6. The average Bonchev–Trinajstić information content (AvgIpc) is 3.45. The molecule has 2 aliphatic heterocycles. The van der Waals surface area contributed by atoms with Gasteiger partial charge >= 0.3 is 0 Å². The number of ether oxygens (including phenoxy) is 3. The number of thioether (sulfide) groups is 2. The van der Waals surface area contributed by atoms with Crippen molar-refractivity contribution in [2.24, 2.45) is 17.3 Å². The molecule has 166 valence electrons. The van der Waals surface area contributed by atoms with Gasteiger partial charge in [0.15, 0.2) is 11.6 Å². The Morgan fingerprint density at radius 3 is 2.55 bits per heavy atom. The zero-order valence-electron chi connectivity index (χ0n) is 18.3. The lowest BCUT2D eigenvalue weighted by Crippen LogP contribution is -2.36. The monoisotopic (exact) mass is 442 g/mol. The standard InChI is InChI=1S/C23H38O4S2/c1-4-25-17-22(2,3)20(24)10-9-18-11-12-23(26-13-14-27-23)19(18)7-5-6-8-21-28-15-16-29-21/h9-10,18-19,21H,4-8,11-17H2,1-3H3/t18-,19+/m0/s1. The van der Waals surface area contributed by atoms with Gasteiger partial charge in [-0.05, 0) is 38.2 Å². The second kappa shape index (κ2) is 11.0. The van der Waals surface area contributed by atoms with Gasteiger partial charge in [-0.3, -0.25) is 4.79 Å². The Morgan fingerprint density at radius 1 is 1.17 bits per heavy atom. The lowest BCUT2D eigenvalue weighted by atomic mass is 9.85. The van der Waals surface area contributed by atoms with Crippen LogP contribution in [0.1, 0.15) is 59.3 Å². The molecular weight excluding hydrogens is 404 g/mol. The predicted molar refractivity (Wildman–Crippen MR) is 122 cm³/mol. The van der Waals surface area contributed by atoms with Crippen LogP contribution in [0.4, 0.5) is 0 Å². The van der Waals surface area contributed by atoms with Gasteiger partial charge in [-0.2, -0.15) is 0 Å². The molecule has 0 unspecified atom stereocenters. The third-order valence-corrected chi connectivity index (χ3v) is 9.58. The van der Waals surface area contributed by atoms with Gasteiger partial charge in [0, 0.05) is 30.5 Å². The number of ketones is 1. The Hall–Kier alpha value is -0.0100. The fraction of sp³-hybridized carbons (Fsp3) is 0.870. The minimum atomic E-state index is -0.477. The van der Waals surface area contributed by atoms with Gasteiger partial charge in [0.2, 0.25) is 0 Å². The van der Waals surface area contributed by atoms with Crippen LogP contribution >= 0.6 is 23.5 Å². The van der Waals surface area contributed by atoms with Gasteiger partial charge in [-0.1, -0.05) is 32.8 Å². The molecule has 0 amide bonds. The van der Waals surface area contributed by atoms with Crippen molar-refractivity contribution in [3.05, 3.63) is 12.2 Å². The summed E-state index contributed by atoms with van der Waals surface area (Å²) in [6.07, 6.45) is 10.8. The van der Waals surface area contributed by atoms with Crippen molar-refractivity contribution in [1.82, 2.24) is 0 Å². The van der Waals surface area contributed by atoms with Crippen LogP contribution in [0.2, 0.25) is 0 Å². The third kappa shape index (κ3) is 6.25. The van der Waals surface area contributed by atoms with Gasteiger partial charge in [-0.15, -0.1) is 23.5 Å². The van der Waals surface area contributed by atoms with E-state index in [9.17, 15) is 4.79 Å². The number of hydrogen-bond donors (Lipinski definition) is 0. The van der Waals surface area contributed by atoms with Crippen LogP contribution in [0.25, 0.3) is 0 Å². The molecule has 3 rings (SSSR count). The molecule has 0 aromatic heterocycles. The van der Waals surface area contributed by atoms with E-state index >= 15 is 0 Å². The summed E-state index contributed by atoms with van der Waals surface area (Å²) in [5.41, 5.74) is -0.477. The van der Waals surface area contributed by atoms with Gasteiger partial charge in [-0.25, -0.2) is 0 Å². The summed E-state index contributed by atoms with van der Waals surface area (Å²) in [5, 5.41) is 0. The van der Waals surface area contributed by atoms with E-state index in [1.165, 1.54) is 30.8 Å². The highest BCUT2D eigenvalue weighted by molar-refractivity contribution is 8.20. The van der Waals surface area contributed by atoms with Crippen molar-refractivity contribution in [2.45, 2.75) is 69.7 Å². The second-order valence-electron chi connectivity index (χ2n) is 9.02. The number of unbranched alkanes of at least 4 members (excludes halogenated alkanes) is 1. The van der Waals surface area contributed by atoms with Gasteiger partial charge in [0.25, 0.3) is 0 Å². The minimum absolute atomic E-state index is 0.147. The maximum atomic E-state index is 12.7. The smallest absolute Gasteiger partial charge is 0.171 e. The quantitative estimate of drug-likeness (QED) is 0.319.